The van der Waals surface area contributed by atoms with Gasteiger partial charge < -0.3 is 0 Å². The molecule has 2 rings (SSSR count). The summed E-state index contributed by atoms with van der Waals surface area (Å²) in [4.78, 5) is 11.9. The number of rotatable bonds is 1. The van der Waals surface area contributed by atoms with Crippen LogP contribution in [0.25, 0.3) is 0 Å². The lowest BCUT2D eigenvalue weighted by atomic mass is 9.89. The fourth-order valence-corrected chi connectivity index (χ4v) is 3.91. The van der Waals surface area contributed by atoms with E-state index in [9.17, 15) is 4.79 Å². The molecule has 2 aliphatic carbocycles. The third-order valence-corrected chi connectivity index (χ3v) is 5.36. The highest BCUT2D eigenvalue weighted by Crippen LogP contribution is 2.65. The van der Waals surface area contributed by atoms with Crippen LogP contribution in [0.15, 0.2) is 0 Å². The van der Waals surface area contributed by atoms with Gasteiger partial charge in [0.25, 0.3) is 0 Å². The highest BCUT2D eigenvalue weighted by Gasteiger charge is 2.65. The van der Waals surface area contributed by atoms with Crippen LogP contribution in [-0.4, -0.2) is 17.3 Å². The van der Waals surface area contributed by atoms with E-state index in [1.807, 2.05) is 11.8 Å². The lowest BCUT2D eigenvalue weighted by Crippen LogP contribution is -2.30. The molecule has 2 saturated carbocycles. The van der Waals surface area contributed by atoms with E-state index in [4.69, 9.17) is 0 Å². The SMILES string of the molecule is CSC1CC2C(C(=O)C1C)C2(C)C. The predicted molar refractivity (Wildman–Crippen MR) is 56.9 cm³/mol. The Hall–Kier alpha value is 0.0200. The Balaban J connectivity index is 2.18. The molecule has 0 aliphatic heterocycles. The van der Waals surface area contributed by atoms with Gasteiger partial charge in [0.15, 0.2) is 0 Å². The quantitative estimate of drug-likeness (QED) is 0.644. The molecule has 0 spiro atoms. The summed E-state index contributed by atoms with van der Waals surface area (Å²) in [6.07, 6.45) is 3.38. The summed E-state index contributed by atoms with van der Waals surface area (Å²) in [5.74, 6) is 1.90. The van der Waals surface area contributed by atoms with Crippen molar-refractivity contribution in [3.05, 3.63) is 0 Å². The van der Waals surface area contributed by atoms with E-state index in [1.54, 1.807) is 0 Å². The summed E-state index contributed by atoms with van der Waals surface area (Å²) < 4.78 is 0. The molecule has 0 heterocycles. The van der Waals surface area contributed by atoms with Crippen LogP contribution < -0.4 is 0 Å². The van der Waals surface area contributed by atoms with Crippen LogP contribution in [0.2, 0.25) is 0 Å². The van der Waals surface area contributed by atoms with Gasteiger partial charge in [-0.3, -0.25) is 4.79 Å². The van der Waals surface area contributed by atoms with Crippen molar-refractivity contribution in [3.63, 3.8) is 0 Å². The van der Waals surface area contributed by atoms with Gasteiger partial charge in [0, 0.05) is 17.1 Å². The number of Topliss-reactive ketones (excluding diaryl/α,β-unsaturated/α-hetero) is 1. The number of hydrogen-bond acceptors (Lipinski definition) is 2. The molecular weight excluding hydrogens is 180 g/mol. The molecule has 0 N–H and O–H groups in total. The standard InChI is InChI=1S/C11H18OS/c1-6-8(13-4)5-7-9(10(6)12)11(7,2)3/h6-9H,5H2,1-4H3. The Morgan fingerprint density at radius 2 is 2.08 bits per heavy atom. The fourth-order valence-electron chi connectivity index (χ4n) is 2.97. The van der Waals surface area contributed by atoms with Crippen LogP contribution in [0.3, 0.4) is 0 Å². The minimum absolute atomic E-state index is 0.290. The van der Waals surface area contributed by atoms with Gasteiger partial charge in [0.2, 0.25) is 0 Å². The van der Waals surface area contributed by atoms with E-state index in [0.717, 1.165) is 0 Å². The molecule has 0 aromatic heterocycles. The minimum atomic E-state index is 0.290. The molecule has 2 aliphatic rings. The highest BCUT2D eigenvalue weighted by molar-refractivity contribution is 7.99. The number of carbonyl (C=O) groups excluding carboxylic acids is 1. The van der Waals surface area contributed by atoms with Crippen molar-refractivity contribution in [2.24, 2.45) is 23.2 Å². The zero-order chi connectivity index (χ0) is 9.80. The average Bonchev–Trinajstić information content (AvgIpc) is 2.61. The molecule has 2 fully saturated rings. The van der Waals surface area contributed by atoms with Crippen molar-refractivity contribution in [1.29, 1.82) is 0 Å². The van der Waals surface area contributed by atoms with Crippen LogP contribution >= 0.6 is 11.8 Å². The molecule has 0 bridgehead atoms. The molecule has 0 radical (unpaired) electrons. The largest absolute Gasteiger partial charge is 0.299 e. The minimum Gasteiger partial charge on any atom is -0.299 e. The maximum Gasteiger partial charge on any atom is 0.140 e. The van der Waals surface area contributed by atoms with Gasteiger partial charge in [-0.2, -0.15) is 11.8 Å². The van der Waals surface area contributed by atoms with E-state index >= 15 is 0 Å². The van der Waals surface area contributed by atoms with Gasteiger partial charge >= 0.3 is 0 Å². The van der Waals surface area contributed by atoms with Crippen LogP contribution in [-0.2, 0) is 4.79 Å². The summed E-state index contributed by atoms with van der Waals surface area (Å²) in [5, 5.41) is 0.579. The first-order valence-corrected chi connectivity index (χ1v) is 6.35. The molecule has 0 saturated heterocycles. The maximum absolute atomic E-state index is 11.9. The van der Waals surface area contributed by atoms with Gasteiger partial charge in [-0.15, -0.1) is 0 Å². The second-order valence-corrected chi connectivity index (χ2v) is 6.18. The van der Waals surface area contributed by atoms with Crippen LogP contribution in [0, 0.1) is 23.2 Å². The third-order valence-electron chi connectivity index (χ3n) is 4.15. The van der Waals surface area contributed by atoms with E-state index in [1.165, 1.54) is 6.42 Å². The molecule has 2 heteroatoms. The van der Waals surface area contributed by atoms with E-state index in [2.05, 4.69) is 27.0 Å². The Labute approximate surface area is 84.7 Å². The summed E-state index contributed by atoms with van der Waals surface area (Å²) >= 11 is 1.87. The number of fused-ring (bicyclic) bond motifs is 1. The zero-order valence-corrected chi connectivity index (χ0v) is 9.65. The van der Waals surface area contributed by atoms with Crippen molar-refractivity contribution in [2.75, 3.05) is 6.26 Å². The molecule has 4 atom stereocenters. The number of thioether (sulfide) groups is 1. The van der Waals surface area contributed by atoms with Crippen molar-refractivity contribution >= 4 is 17.5 Å². The van der Waals surface area contributed by atoms with Gasteiger partial charge in [-0.05, 0) is 24.0 Å². The lowest BCUT2D eigenvalue weighted by Gasteiger charge is -2.25. The molecule has 0 aromatic carbocycles. The molecule has 4 unspecified atom stereocenters. The summed E-state index contributed by atoms with van der Waals surface area (Å²) in [7, 11) is 0. The van der Waals surface area contributed by atoms with Crippen molar-refractivity contribution in [2.45, 2.75) is 32.4 Å². The Kier molecular flexibility index (Phi) is 2.03. The second-order valence-electron chi connectivity index (χ2n) is 5.11. The van der Waals surface area contributed by atoms with Crippen molar-refractivity contribution in [3.8, 4) is 0 Å². The summed E-state index contributed by atoms with van der Waals surface area (Å²) in [6, 6.07) is 0. The smallest absolute Gasteiger partial charge is 0.140 e. The zero-order valence-electron chi connectivity index (χ0n) is 8.83. The number of ketones is 1. The normalized spacial score (nSPS) is 47.2. The van der Waals surface area contributed by atoms with Crippen LogP contribution in [0.1, 0.15) is 27.2 Å². The number of carbonyl (C=O) groups is 1. The fraction of sp³-hybridized carbons (Fsp3) is 0.909. The maximum atomic E-state index is 11.9. The Morgan fingerprint density at radius 1 is 1.46 bits per heavy atom. The summed E-state index contributed by atoms with van der Waals surface area (Å²) in [5.41, 5.74) is 0.315. The molecular formula is C11H18OS. The Morgan fingerprint density at radius 3 is 2.62 bits per heavy atom. The molecule has 1 nitrogen and oxygen atoms in total. The van der Waals surface area contributed by atoms with Gasteiger partial charge in [-0.1, -0.05) is 20.8 Å². The van der Waals surface area contributed by atoms with Crippen molar-refractivity contribution in [1.82, 2.24) is 0 Å². The lowest BCUT2D eigenvalue weighted by molar-refractivity contribution is -0.125. The summed E-state index contributed by atoms with van der Waals surface area (Å²) in [6.45, 7) is 6.60. The predicted octanol–water partition coefficient (Wildman–Crippen LogP) is 2.60. The number of hydrogen-bond donors (Lipinski definition) is 0. The monoisotopic (exact) mass is 198 g/mol. The molecule has 13 heavy (non-hydrogen) atoms. The molecule has 74 valence electrons. The Bertz CT molecular complexity index is 246. The van der Waals surface area contributed by atoms with E-state index < -0.39 is 0 Å². The van der Waals surface area contributed by atoms with E-state index in [0.29, 0.717) is 28.3 Å². The van der Waals surface area contributed by atoms with Crippen molar-refractivity contribution < 1.29 is 4.79 Å². The van der Waals surface area contributed by atoms with Gasteiger partial charge in [-0.25, -0.2) is 0 Å². The average molecular weight is 198 g/mol. The topological polar surface area (TPSA) is 17.1 Å². The molecule has 0 amide bonds. The third kappa shape index (κ3) is 1.18. The highest BCUT2D eigenvalue weighted by atomic mass is 32.2. The first-order chi connectivity index (χ1) is 6.00. The van der Waals surface area contributed by atoms with Gasteiger partial charge in [0.1, 0.15) is 5.78 Å². The first kappa shape index (κ1) is 9.57. The second kappa shape index (κ2) is 2.75. The van der Waals surface area contributed by atoms with Crippen LogP contribution in [0.4, 0.5) is 0 Å². The first-order valence-electron chi connectivity index (χ1n) is 5.06. The van der Waals surface area contributed by atoms with E-state index in [-0.39, 0.29) is 5.92 Å². The molecule has 0 aromatic rings. The van der Waals surface area contributed by atoms with Gasteiger partial charge in [0.05, 0.1) is 0 Å². The van der Waals surface area contributed by atoms with Crippen LogP contribution in [0.5, 0.6) is 0 Å².